The molecule has 2 aromatic heterocycles. The first-order valence-electron chi connectivity index (χ1n) is 17.4. The van der Waals surface area contributed by atoms with E-state index in [1.807, 2.05) is 20.8 Å². The fourth-order valence-electron chi connectivity index (χ4n) is 6.03. The van der Waals surface area contributed by atoms with Gasteiger partial charge in [0.05, 0.1) is 30.3 Å². The zero-order chi connectivity index (χ0) is 40.7. The van der Waals surface area contributed by atoms with Gasteiger partial charge in [0, 0.05) is 22.2 Å². The van der Waals surface area contributed by atoms with Crippen LogP contribution >= 0.6 is 11.3 Å². The van der Waals surface area contributed by atoms with Crippen molar-refractivity contribution in [3.63, 3.8) is 0 Å². The van der Waals surface area contributed by atoms with Gasteiger partial charge in [-0.05, 0) is 69.8 Å². The standard InChI is InChI=1S/C38H42F3N7O6S2/c1-37(2,3)21-22-48(56(52,53)28-17-15-27(16-18-28)47-24-42-45-46-47)29(23-49)30-19-20-31(55-30)34(38(39,40)41)44-35(50)33(43-36(51)54-4)32(25-11-7-5-8-12-25)26-13-9-6-10-14-26/h5-20,24,29,32-34,49H,21-23H2,1-4H3,(H,43,51)(H,44,50)/t29-,33+,34-/m1/s1. The molecule has 0 saturated carbocycles. The number of methoxy groups -OCH3 is 1. The molecule has 0 saturated heterocycles. The molecule has 0 spiro atoms. The highest BCUT2D eigenvalue weighted by Gasteiger charge is 2.46. The second-order valence-electron chi connectivity index (χ2n) is 14.0. The van der Waals surface area contributed by atoms with Gasteiger partial charge in [0.25, 0.3) is 0 Å². The predicted octanol–water partition coefficient (Wildman–Crippen LogP) is 6.16. The number of amides is 2. The van der Waals surface area contributed by atoms with E-state index in [1.165, 1.54) is 41.3 Å². The van der Waals surface area contributed by atoms with E-state index in [1.54, 1.807) is 60.7 Å². The molecule has 3 atom stereocenters. The SMILES string of the molecule is COC(=O)N[C@H](C(=O)N[C@H](c1ccc([C@@H](CO)N(CCC(C)(C)C)S(=O)(=O)c2ccc(-n3cnnn3)cc2)s1)C(F)(F)F)C(c1ccccc1)c1ccccc1. The van der Waals surface area contributed by atoms with E-state index in [-0.39, 0.29) is 26.6 Å². The Kier molecular flexibility index (Phi) is 13.3. The van der Waals surface area contributed by atoms with Crippen LogP contribution in [0, 0.1) is 5.41 Å². The number of alkyl carbamates (subject to hydrolysis) is 1. The Morgan fingerprint density at radius 3 is 1.98 bits per heavy atom. The molecular formula is C38H42F3N7O6S2. The van der Waals surface area contributed by atoms with Gasteiger partial charge in [-0.25, -0.2) is 17.9 Å². The number of aliphatic hydroxyl groups excluding tert-OH is 1. The molecule has 5 aromatic rings. The first-order chi connectivity index (χ1) is 26.5. The van der Waals surface area contributed by atoms with Gasteiger partial charge in [-0.2, -0.15) is 17.5 Å². The average Bonchev–Trinajstić information content (AvgIpc) is 3.89. The van der Waals surface area contributed by atoms with Crippen LogP contribution in [0.15, 0.2) is 108 Å². The molecule has 5 rings (SSSR count). The second kappa shape index (κ2) is 17.7. The largest absolute Gasteiger partial charge is 0.453 e. The van der Waals surface area contributed by atoms with E-state index >= 15 is 0 Å². The Labute approximate surface area is 326 Å². The zero-order valence-electron chi connectivity index (χ0n) is 30.9. The number of aliphatic hydroxyl groups is 1. The lowest BCUT2D eigenvalue weighted by atomic mass is 9.84. The van der Waals surface area contributed by atoms with Gasteiger partial charge in [0.2, 0.25) is 15.9 Å². The van der Waals surface area contributed by atoms with Gasteiger partial charge in [-0.15, -0.1) is 16.4 Å². The molecular weight excluding hydrogens is 772 g/mol. The summed E-state index contributed by atoms with van der Waals surface area (Å²) in [7, 11) is -3.27. The summed E-state index contributed by atoms with van der Waals surface area (Å²) in [6, 6.07) is 19.9. The molecule has 18 heteroatoms. The minimum absolute atomic E-state index is 0.0697. The summed E-state index contributed by atoms with van der Waals surface area (Å²) in [6.45, 7) is 4.91. The normalized spacial score (nSPS) is 14.0. The van der Waals surface area contributed by atoms with Crippen molar-refractivity contribution in [2.45, 2.75) is 62.3 Å². The zero-order valence-corrected chi connectivity index (χ0v) is 32.6. The van der Waals surface area contributed by atoms with E-state index in [0.717, 1.165) is 17.5 Å². The summed E-state index contributed by atoms with van der Waals surface area (Å²) in [5.74, 6) is -2.07. The van der Waals surface area contributed by atoms with Crippen molar-refractivity contribution < 1.29 is 41.0 Å². The number of hydrogen-bond acceptors (Lipinski definition) is 10. The van der Waals surface area contributed by atoms with Crippen molar-refractivity contribution in [2.75, 3.05) is 20.3 Å². The first-order valence-corrected chi connectivity index (χ1v) is 19.7. The lowest BCUT2D eigenvalue weighted by molar-refractivity contribution is -0.163. The van der Waals surface area contributed by atoms with E-state index in [4.69, 9.17) is 4.74 Å². The number of aromatic nitrogens is 4. The molecule has 3 aromatic carbocycles. The minimum Gasteiger partial charge on any atom is -0.453 e. The number of carbonyl (C=O) groups is 2. The highest BCUT2D eigenvalue weighted by Crippen LogP contribution is 2.41. The number of carbonyl (C=O) groups excluding carboxylic acids is 2. The summed E-state index contributed by atoms with van der Waals surface area (Å²) in [5, 5.41) is 26.2. The van der Waals surface area contributed by atoms with Crippen molar-refractivity contribution in [3.8, 4) is 5.69 Å². The number of nitrogens with one attached hydrogen (secondary N) is 2. The average molecular weight is 814 g/mol. The van der Waals surface area contributed by atoms with Gasteiger partial charge in [0.15, 0.2) is 6.04 Å². The number of halogens is 3. The van der Waals surface area contributed by atoms with E-state index in [0.29, 0.717) is 34.6 Å². The molecule has 0 aliphatic heterocycles. The maximum atomic E-state index is 15.0. The molecule has 0 unspecified atom stereocenters. The third-order valence-corrected chi connectivity index (χ3v) is 12.1. The molecule has 2 heterocycles. The van der Waals surface area contributed by atoms with E-state index in [9.17, 15) is 36.3 Å². The van der Waals surface area contributed by atoms with Crippen molar-refractivity contribution in [3.05, 3.63) is 124 Å². The van der Waals surface area contributed by atoms with Gasteiger partial charge in [-0.3, -0.25) is 4.79 Å². The highest BCUT2D eigenvalue weighted by atomic mass is 32.2. The lowest BCUT2D eigenvalue weighted by Gasteiger charge is -2.32. The molecule has 13 nitrogen and oxygen atoms in total. The molecule has 0 aliphatic rings. The van der Waals surface area contributed by atoms with Crippen LogP contribution in [-0.2, 0) is 19.6 Å². The number of tetrazole rings is 1. The number of sulfonamides is 1. The summed E-state index contributed by atoms with van der Waals surface area (Å²) in [4.78, 5) is 26.3. The van der Waals surface area contributed by atoms with Gasteiger partial charge < -0.3 is 20.5 Å². The Morgan fingerprint density at radius 1 is 0.893 bits per heavy atom. The van der Waals surface area contributed by atoms with E-state index < -0.39 is 58.9 Å². The monoisotopic (exact) mass is 813 g/mol. The maximum absolute atomic E-state index is 15.0. The smallest absolute Gasteiger partial charge is 0.413 e. The van der Waals surface area contributed by atoms with Crippen LogP contribution in [0.3, 0.4) is 0 Å². The number of ether oxygens (including phenoxy) is 1. The van der Waals surface area contributed by atoms with Gasteiger partial charge in [-0.1, -0.05) is 81.4 Å². The third-order valence-electron chi connectivity index (χ3n) is 8.93. The van der Waals surface area contributed by atoms with Crippen LogP contribution in [-0.4, -0.2) is 82.5 Å². The highest BCUT2D eigenvalue weighted by molar-refractivity contribution is 7.89. The number of alkyl halides is 3. The summed E-state index contributed by atoms with van der Waals surface area (Å²) in [6.07, 6.45) is -4.37. The lowest BCUT2D eigenvalue weighted by Crippen LogP contribution is -2.52. The number of nitrogens with zero attached hydrogens (tertiary/aromatic N) is 5. The maximum Gasteiger partial charge on any atom is 0.413 e. The van der Waals surface area contributed by atoms with Crippen LogP contribution in [0.2, 0.25) is 0 Å². The predicted molar refractivity (Wildman–Crippen MR) is 202 cm³/mol. The van der Waals surface area contributed by atoms with Crippen molar-refractivity contribution >= 4 is 33.4 Å². The van der Waals surface area contributed by atoms with Crippen LogP contribution in [0.1, 0.15) is 66.1 Å². The molecule has 56 heavy (non-hydrogen) atoms. The Balaban J connectivity index is 1.50. The van der Waals surface area contributed by atoms with Gasteiger partial charge >= 0.3 is 12.3 Å². The molecule has 0 bridgehead atoms. The van der Waals surface area contributed by atoms with Crippen LogP contribution in [0.25, 0.3) is 5.69 Å². The molecule has 0 aliphatic carbocycles. The van der Waals surface area contributed by atoms with Crippen molar-refractivity contribution in [2.24, 2.45) is 5.41 Å². The van der Waals surface area contributed by atoms with Crippen LogP contribution < -0.4 is 10.6 Å². The molecule has 0 radical (unpaired) electrons. The summed E-state index contributed by atoms with van der Waals surface area (Å²) >= 11 is 0.609. The molecule has 3 N–H and O–H groups in total. The third kappa shape index (κ3) is 10.2. The van der Waals surface area contributed by atoms with Crippen LogP contribution in [0.4, 0.5) is 18.0 Å². The Morgan fingerprint density at radius 2 is 1.48 bits per heavy atom. The topological polar surface area (TPSA) is 169 Å². The Hall–Kier alpha value is -5.17. The second-order valence-corrected chi connectivity index (χ2v) is 17.0. The molecule has 0 fully saturated rings. The fourth-order valence-corrected chi connectivity index (χ4v) is 8.89. The number of rotatable bonds is 15. The molecule has 298 valence electrons. The number of thiophene rings is 1. The van der Waals surface area contributed by atoms with Crippen LogP contribution in [0.5, 0.6) is 0 Å². The first kappa shape index (κ1) is 42.0. The Bertz CT molecular complexity index is 2110. The quantitative estimate of drug-likeness (QED) is 0.112. The summed E-state index contributed by atoms with van der Waals surface area (Å²) in [5.41, 5.74) is 1.23. The molecule has 2 amide bonds. The van der Waals surface area contributed by atoms with Gasteiger partial charge in [0.1, 0.15) is 12.4 Å². The van der Waals surface area contributed by atoms with Crippen molar-refractivity contribution in [1.82, 2.24) is 35.1 Å². The number of hydrogen-bond donors (Lipinski definition) is 3. The number of benzene rings is 3. The minimum atomic E-state index is -5.03. The van der Waals surface area contributed by atoms with Crippen molar-refractivity contribution in [1.29, 1.82) is 0 Å². The van der Waals surface area contributed by atoms with E-state index in [2.05, 4.69) is 26.2 Å². The fraction of sp³-hybridized carbons (Fsp3) is 0.342. The summed E-state index contributed by atoms with van der Waals surface area (Å²) < 4.78 is 80.6.